The van der Waals surface area contributed by atoms with E-state index in [0.717, 1.165) is 38.0 Å². The molecule has 1 aliphatic rings. The van der Waals surface area contributed by atoms with Gasteiger partial charge in [-0.15, -0.1) is 0 Å². The zero-order valence-corrected chi connectivity index (χ0v) is 14.9. The van der Waals surface area contributed by atoms with Crippen molar-refractivity contribution in [1.29, 1.82) is 0 Å². The van der Waals surface area contributed by atoms with Crippen LogP contribution < -0.4 is 5.32 Å². The number of rotatable bonds is 5. The monoisotopic (exact) mass is 339 g/mol. The van der Waals surface area contributed by atoms with Crippen LogP contribution in [0.5, 0.6) is 0 Å². The molecule has 3 rings (SSSR count). The Kier molecular flexibility index (Phi) is 5.34. The minimum atomic E-state index is -0.353. The number of aryl methyl sites for hydroxylation is 2. The number of piperidine rings is 1. The van der Waals surface area contributed by atoms with Gasteiger partial charge in [-0.25, -0.2) is 0 Å². The number of benzene rings is 2. The van der Waals surface area contributed by atoms with Gasteiger partial charge in [0.05, 0.1) is 4.92 Å². The van der Waals surface area contributed by atoms with Gasteiger partial charge in [0.15, 0.2) is 0 Å². The van der Waals surface area contributed by atoms with Crippen LogP contribution in [-0.2, 0) is 6.54 Å². The standard InChI is InChI=1S/C20H25N3O2/c1-15-11-16(2)13-19(12-15)21-18-7-9-22(10-8-18)14-17-3-5-20(6-4-17)23(24)25/h3-6,11-13,18,21H,7-10,14H2,1-2H3. The number of nitrogens with zero attached hydrogens (tertiary/aromatic N) is 2. The predicted molar refractivity (Wildman–Crippen MR) is 101 cm³/mol. The molecule has 5 heteroatoms. The van der Waals surface area contributed by atoms with Crippen LogP contribution >= 0.6 is 0 Å². The normalized spacial score (nSPS) is 15.9. The van der Waals surface area contributed by atoms with Crippen LogP contribution in [0.1, 0.15) is 29.5 Å². The summed E-state index contributed by atoms with van der Waals surface area (Å²) in [5.41, 5.74) is 5.08. The summed E-state index contributed by atoms with van der Waals surface area (Å²) in [5.74, 6) is 0. The fraction of sp³-hybridized carbons (Fsp3) is 0.400. The molecule has 25 heavy (non-hydrogen) atoms. The van der Waals surface area contributed by atoms with E-state index in [0.29, 0.717) is 6.04 Å². The second kappa shape index (κ2) is 7.66. The van der Waals surface area contributed by atoms with Gasteiger partial charge in [-0.05, 0) is 55.5 Å². The maximum absolute atomic E-state index is 10.7. The summed E-state index contributed by atoms with van der Waals surface area (Å²) in [4.78, 5) is 12.8. The Labute approximate surface area is 148 Å². The number of nitro benzene ring substituents is 1. The van der Waals surface area contributed by atoms with Crippen LogP contribution in [-0.4, -0.2) is 29.0 Å². The molecule has 0 spiro atoms. The highest BCUT2D eigenvalue weighted by Gasteiger charge is 2.19. The Morgan fingerprint density at radius 1 is 1.08 bits per heavy atom. The smallest absolute Gasteiger partial charge is 0.269 e. The molecule has 0 radical (unpaired) electrons. The molecule has 0 aliphatic carbocycles. The summed E-state index contributed by atoms with van der Waals surface area (Å²) in [5, 5.41) is 14.4. The van der Waals surface area contributed by atoms with Gasteiger partial charge in [0.25, 0.3) is 5.69 Å². The highest BCUT2D eigenvalue weighted by Crippen LogP contribution is 2.21. The van der Waals surface area contributed by atoms with Gasteiger partial charge in [-0.2, -0.15) is 0 Å². The average molecular weight is 339 g/mol. The van der Waals surface area contributed by atoms with Gasteiger partial charge in [0, 0.05) is 43.5 Å². The molecule has 1 heterocycles. The number of nitro groups is 1. The van der Waals surface area contributed by atoms with Crippen molar-refractivity contribution >= 4 is 11.4 Å². The van der Waals surface area contributed by atoms with Gasteiger partial charge < -0.3 is 5.32 Å². The van der Waals surface area contributed by atoms with Crippen molar-refractivity contribution in [2.45, 2.75) is 39.3 Å². The Morgan fingerprint density at radius 2 is 1.68 bits per heavy atom. The number of hydrogen-bond donors (Lipinski definition) is 1. The van der Waals surface area contributed by atoms with Crippen LogP contribution in [0.4, 0.5) is 11.4 Å². The number of nitrogens with one attached hydrogen (secondary N) is 1. The summed E-state index contributed by atoms with van der Waals surface area (Å²) in [6, 6.07) is 14.0. The molecule has 1 aliphatic heterocycles. The van der Waals surface area contributed by atoms with Gasteiger partial charge in [0.2, 0.25) is 0 Å². The predicted octanol–water partition coefficient (Wildman–Crippen LogP) is 4.29. The van der Waals surface area contributed by atoms with E-state index >= 15 is 0 Å². The van der Waals surface area contributed by atoms with Crippen LogP contribution in [0.2, 0.25) is 0 Å². The van der Waals surface area contributed by atoms with E-state index in [4.69, 9.17) is 0 Å². The number of likely N-dealkylation sites (tertiary alicyclic amines) is 1. The molecular formula is C20H25N3O2. The topological polar surface area (TPSA) is 58.4 Å². The van der Waals surface area contributed by atoms with Crippen molar-refractivity contribution in [3.63, 3.8) is 0 Å². The lowest BCUT2D eigenvalue weighted by Crippen LogP contribution is -2.38. The first-order valence-electron chi connectivity index (χ1n) is 8.80. The lowest BCUT2D eigenvalue weighted by molar-refractivity contribution is -0.384. The Hall–Kier alpha value is -2.40. The van der Waals surface area contributed by atoms with E-state index in [-0.39, 0.29) is 10.6 Å². The minimum Gasteiger partial charge on any atom is -0.382 e. The third-order valence-corrected chi connectivity index (χ3v) is 4.73. The van der Waals surface area contributed by atoms with E-state index < -0.39 is 0 Å². The largest absolute Gasteiger partial charge is 0.382 e. The summed E-state index contributed by atoms with van der Waals surface area (Å²) in [7, 11) is 0. The second-order valence-electron chi connectivity index (χ2n) is 6.99. The number of hydrogen-bond acceptors (Lipinski definition) is 4. The first-order chi connectivity index (χ1) is 12.0. The fourth-order valence-corrected chi connectivity index (χ4v) is 3.51. The SMILES string of the molecule is Cc1cc(C)cc(NC2CCN(Cc3ccc([N+](=O)[O-])cc3)CC2)c1. The summed E-state index contributed by atoms with van der Waals surface area (Å²) >= 11 is 0. The van der Waals surface area contributed by atoms with Crippen LogP contribution in [0.15, 0.2) is 42.5 Å². The molecule has 2 aromatic rings. The molecule has 1 saturated heterocycles. The highest BCUT2D eigenvalue weighted by atomic mass is 16.6. The Morgan fingerprint density at radius 3 is 2.24 bits per heavy atom. The zero-order valence-electron chi connectivity index (χ0n) is 14.9. The molecular weight excluding hydrogens is 314 g/mol. The summed E-state index contributed by atoms with van der Waals surface area (Å²) in [6.45, 7) is 7.20. The van der Waals surface area contributed by atoms with Crippen molar-refractivity contribution in [3.8, 4) is 0 Å². The summed E-state index contributed by atoms with van der Waals surface area (Å²) < 4.78 is 0. The highest BCUT2D eigenvalue weighted by molar-refractivity contribution is 5.49. The van der Waals surface area contributed by atoms with E-state index in [2.05, 4.69) is 42.3 Å². The fourth-order valence-electron chi connectivity index (χ4n) is 3.51. The first-order valence-corrected chi connectivity index (χ1v) is 8.80. The van der Waals surface area contributed by atoms with Gasteiger partial charge in [-0.3, -0.25) is 15.0 Å². The molecule has 0 bridgehead atoms. The van der Waals surface area contributed by atoms with Gasteiger partial charge in [-0.1, -0.05) is 18.2 Å². The first kappa shape index (κ1) is 17.4. The van der Waals surface area contributed by atoms with E-state index in [1.807, 2.05) is 12.1 Å². The molecule has 2 aromatic carbocycles. The van der Waals surface area contributed by atoms with Crippen molar-refractivity contribution in [2.24, 2.45) is 0 Å². The number of anilines is 1. The second-order valence-corrected chi connectivity index (χ2v) is 6.99. The number of non-ortho nitro benzene ring substituents is 1. The molecule has 1 fully saturated rings. The van der Waals surface area contributed by atoms with Crippen LogP contribution in [0.25, 0.3) is 0 Å². The van der Waals surface area contributed by atoms with Crippen LogP contribution in [0.3, 0.4) is 0 Å². The maximum atomic E-state index is 10.7. The third-order valence-electron chi connectivity index (χ3n) is 4.73. The molecule has 0 amide bonds. The molecule has 132 valence electrons. The average Bonchev–Trinajstić information content (AvgIpc) is 2.56. The van der Waals surface area contributed by atoms with Crippen molar-refractivity contribution in [1.82, 2.24) is 4.90 Å². The van der Waals surface area contributed by atoms with Gasteiger partial charge >= 0.3 is 0 Å². The Balaban J connectivity index is 1.50. The molecule has 0 saturated carbocycles. The molecule has 0 unspecified atom stereocenters. The maximum Gasteiger partial charge on any atom is 0.269 e. The van der Waals surface area contributed by atoms with E-state index in [9.17, 15) is 10.1 Å². The van der Waals surface area contributed by atoms with Gasteiger partial charge in [0.1, 0.15) is 0 Å². The lowest BCUT2D eigenvalue weighted by atomic mass is 10.0. The van der Waals surface area contributed by atoms with Crippen molar-refractivity contribution in [3.05, 3.63) is 69.3 Å². The molecule has 5 nitrogen and oxygen atoms in total. The molecule has 0 aromatic heterocycles. The van der Waals surface area contributed by atoms with Crippen molar-refractivity contribution in [2.75, 3.05) is 18.4 Å². The quantitative estimate of drug-likeness (QED) is 0.652. The third kappa shape index (κ3) is 4.79. The zero-order chi connectivity index (χ0) is 17.8. The minimum absolute atomic E-state index is 0.153. The molecule has 0 atom stereocenters. The van der Waals surface area contributed by atoms with Crippen LogP contribution in [0, 0.1) is 24.0 Å². The lowest BCUT2D eigenvalue weighted by Gasteiger charge is -2.33. The van der Waals surface area contributed by atoms with Crippen molar-refractivity contribution < 1.29 is 4.92 Å². The molecule has 1 N–H and O–H groups in total. The van der Waals surface area contributed by atoms with E-state index in [1.54, 1.807) is 12.1 Å². The Bertz CT molecular complexity index is 715. The van der Waals surface area contributed by atoms with E-state index in [1.165, 1.54) is 16.8 Å². The summed E-state index contributed by atoms with van der Waals surface area (Å²) in [6.07, 6.45) is 2.22.